The van der Waals surface area contributed by atoms with Crippen molar-refractivity contribution in [1.82, 2.24) is 10.6 Å². The Bertz CT molecular complexity index is 329. The largest absolute Gasteiger partial charge is 0.444 e. The minimum Gasteiger partial charge on any atom is -0.444 e. The van der Waals surface area contributed by atoms with E-state index >= 15 is 0 Å². The average molecular weight is 284 g/mol. The summed E-state index contributed by atoms with van der Waals surface area (Å²) in [6.07, 6.45) is 5.05. The van der Waals surface area contributed by atoms with Gasteiger partial charge in [0.15, 0.2) is 0 Å². The predicted octanol–water partition coefficient (Wildman–Crippen LogP) is 2.20. The molecule has 0 aromatic heterocycles. The van der Waals surface area contributed by atoms with Gasteiger partial charge in [-0.2, -0.15) is 0 Å². The van der Waals surface area contributed by atoms with Crippen LogP contribution in [0.2, 0.25) is 0 Å². The third-order valence-corrected chi connectivity index (χ3v) is 4.03. The molecule has 116 valence electrons. The van der Waals surface area contributed by atoms with Crippen molar-refractivity contribution in [3.8, 4) is 0 Å². The molecule has 0 spiro atoms. The first-order valence-electron chi connectivity index (χ1n) is 7.71. The van der Waals surface area contributed by atoms with Gasteiger partial charge < -0.3 is 20.1 Å². The first kappa shape index (κ1) is 15.6. The molecule has 0 bridgehead atoms. The van der Waals surface area contributed by atoms with Gasteiger partial charge in [0.1, 0.15) is 5.60 Å². The zero-order chi connectivity index (χ0) is 14.6. The van der Waals surface area contributed by atoms with Crippen LogP contribution in [-0.4, -0.2) is 43.0 Å². The number of carbonyl (C=O) groups is 1. The highest BCUT2D eigenvalue weighted by molar-refractivity contribution is 5.69. The topological polar surface area (TPSA) is 59.6 Å². The van der Waals surface area contributed by atoms with Crippen molar-refractivity contribution in [2.45, 2.75) is 70.1 Å². The van der Waals surface area contributed by atoms with Crippen LogP contribution in [0, 0.1) is 0 Å². The van der Waals surface area contributed by atoms with Crippen LogP contribution in [0.25, 0.3) is 0 Å². The van der Waals surface area contributed by atoms with E-state index in [1.807, 2.05) is 20.8 Å². The first-order valence-corrected chi connectivity index (χ1v) is 7.71. The maximum absolute atomic E-state index is 11.9. The second kappa shape index (κ2) is 6.31. The van der Waals surface area contributed by atoms with E-state index in [1.165, 1.54) is 6.42 Å². The van der Waals surface area contributed by atoms with Crippen molar-refractivity contribution in [2.24, 2.45) is 0 Å². The van der Waals surface area contributed by atoms with Crippen molar-refractivity contribution in [3.63, 3.8) is 0 Å². The van der Waals surface area contributed by atoms with Crippen LogP contribution in [0.1, 0.15) is 52.9 Å². The highest BCUT2D eigenvalue weighted by Crippen LogP contribution is 2.32. The normalized spacial score (nSPS) is 22.9. The molecular weight excluding hydrogens is 256 g/mol. The van der Waals surface area contributed by atoms with Gasteiger partial charge in [0.05, 0.1) is 5.54 Å². The van der Waals surface area contributed by atoms with Crippen molar-refractivity contribution in [3.05, 3.63) is 0 Å². The Morgan fingerprint density at radius 3 is 2.45 bits per heavy atom. The van der Waals surface area contributed by atoms with E-state index in [0.29, 0.717) is 6.04 Å². The predicted molar refractivity (Wildman–Crippen MR) is 77.8 cm³/mol. The van der Waals surface area contributed by atoms with Gasteiger partial charge in [0.2, 0.25) is 0 Å². The molecule has 0 aromatic carbocycles. The number of nitrogens with one attached hydrogen (secondary N) is 2. The van der Waals surface area contributed by atoms with E-state index in [9.17, 15) is 4.79 Å². The molecule has 0 aromatic rings. The van der Waals surface area contributed by atoms with Gasteiger partial charge in [0.25, 0.3) is 0 Å². The highest BCUT2D eigenvalue weighted by atomic mass is 16.6. The van der Waals surface area contributed by atoms with E-state index in [2.05, 4.69) is 10.6 Å². The van der Waals surface area contributed by atoms with E-state index in [-0.39, 0.29) is 11.6 Å². The molecule has 0 radical (unpaired) electrons. The Labute approximate surface area is 121 Å². The lowest BCUT2D eigenvalue weighted by molar-refractivity contribution is 0.0357. The second-order valence-corrected chi connectivity index (χ2v) is 7.03. The van der Waals surface area contributed by atoms with Gasteiger partial charge in [-0.15, -0.1) is 0 Å². The van der Waals surface area contributed by atoms with Gasteiger partial charge >= 0.3 is 6.09 Å². The minimum absolute atomic E-state index is 0.110. The summed E-state index contributed by atoms with van der Waals surface area (Å²) >= 11 is 0. The molecule has 1 amide bonds. The van der Waals surface area contributed by atoms with Crippen molar-refractivity contribution in [1.29, 1.82) is 0 Å². The molecule has 2 rings (SSSR count). The van der Waals surface area contributed by atoms with E-state index in [1.54, 1.807) is 0 Å². The molecule has 2 aliphatic rings. The summed E-state index contributed by atoms with van der Waals surface area (Å²) in [5.41, 5.74) is -0.552. The second-order valence-electron chi connectivity index (χ2n) is 7.03. The lowest BCUT2D eigenvalue weighted by Gasteiger charge is -2.44. The summed E-state index contributed by atoms with van der Waals surface area (Å²) in [6, 6.07) is 0.515. The van der Waals surface area contributed by atoms with Crippen LogP contribution in [0.4, 0.5) is 4.79 Å². The number of carbonyl (C=O) groups excluding carboxylic acids is 1. The Balaban J connectivity index is 1.78. The van der Waals surface area contributed by atoms with Gasteiger partial charge in [0, 0.05) is 25.8 Å². The average Bonchev–Trinajstić information content (AvgIpc) is 2.31. The number of alkyl carbamates (subject to hydrolysis) is 1. The van der Waals surface area contributed by atoms with Gasteiger partial charge in [-0.25, -0.2) is 4.79 Å². The molecule has 1 saturated carbocycles. The summed E-state index contributed by atoms with van der Waals surface area (Å²) in [5, 5.41) is 6.65. The van der Waals surface area contributed by atoms with Crippen molar-refractivity contribution >= 4 is 6.09 Å². The lowest BCUT2D eigenvalue weighted by atomic mass is 9.76. The van der Waals surface area contributed by atoms with Crippen LogP contribution < -0.4 is 10.6 Å². The fraction of sp³-hybridized carbons (Fsp3) is 0.933. The van der Waals surface area contributed by atoms with E-state index in [0.717, 1.165) is 45.4 Å². The quantitative estimate of drug-likeness (QED) is 0.831. The summed E-state index contributed by atoms with van der Waals surface area (Å²) in [4.78, 5) is 11.9. The molecule has 20 heavy (non-hydrogen) atoms. The molecule has 5 heteroatoms. The van der Waals surface area contributed by atoms with Crippen LogP contribution in [0.15, 0.2) is 0 Å². The molecule has 1 heterocycles. The standard InChI is InChI=1S/C15H28N2O3/c1-14(2,3)20-13(18)17-15(7-4-8-15)11-16-12-5-9-19-10-6-12/h12,16H,4-11H2,1-3H3,(H,17,18). The molecule has 2 fully saturated rings. The Morgan fingerprint density at radius 1 is 1.30 bits per heavy atom. The maximum atomic E-state index is 11.9. The zero-order valence-electron chi connectivity index (χ0n) is 13.0. The molecule has 1 aliphatic heterocycles. The molecule has 0 atom stereocenters. The smallest absolute Gasteiger partial charge is 0.408 e. The number of ether oxygens (including phenoxy) is 2. The first-order chi connectivity index (χ1) is 9.39. The molecular formula is C15H28N2O3. The van der Waals surface area contributed by atoms with Crippen LogP contribution >= 0.6 is 0 Å². The fourth-order valence-corrected chi connectivity index (χ4v) is 2.71. The molecule has 2 N–H and O–H groups in total. The summed E-state index contributed by atoms with van der Waals surface area (Å²) < 4.78 is 10.7. The number of rotatable bonds is 4. The van der Waals surface area contributed by atoms with Gasteiger partial charge in [-0.05, 0) is 52.9 Å². The Morgan fingerprint density at radius 2 is 1.95 bits per heavy atom. The molecule has 1 saturated heterocycles. The monoisotopic (exact) mass is 284 g/mol. The van der Waals surface area contributed by atoms with Crippen LogP contribution in [0.3, 0.4) is 0 Å². The minimum atomic E-state index is -0.441. The molecule has 1 aliphatic carbocycles. The summed E-state index contributed by atoms with van der Waals surface area (Å²) in [7, 11) is 0. The van der Waals surface area contributed by atoms with Crippen molar-refractivity contribution < 1.29 is 14.3 Å². The number of hydrogen-bond donors (Lipinski definition) is 2. The maximum Gasteiger partial charge on any atom is 0.408 e. The zero-order valence-corrected chi connectivity index (χ0v) is 13.0. The third kappa shape index (κ3) is 4.63. The third-order valence-electron chi connectivity index (χ3n) is 4.03. The fourth-order valence-electron chi connectivity index (χ4n) is 2.71. The molecule has 5 nitrogen and oxygen atoms in total. The van der Waals surface area contributed by atoms with Crippen LogP contribution in [-0.2, 0) is 9.47 Å². The SMILES string of the molecule is CC(C)(C)OC(=O)NC1(CNC2CCOCC2)CCC1. The Kier molecular flexibility index (Phi) is 4.91. The van der Waals surface area contributed by atoms with E-state index in [4.69, 9.17) is 9.47 Å². The lowest BCUT2D eigenvalue weighted by Crippen LogP contribution is -2.61. The van der Waals surface area contributed by atoms with Gasteiger partial charge in [-0.1, -0.05) is 0 Å². The Hall–Kier alpha value is -0.810. The van der Waals surface area contributed by atoms with Crippen molar-refractivity contribution in [2.75, 3.05) is 19.8 Å². The molecule has 0 unspecified atom stereocenters. The van der Waals surface area contributed by atoms with Crippen LogP contribution in [0.5, 0.6) is 0 Å². The number of amides is 1. The summed E-state index contributed by atoms with van der Waals surface area (Å²) in [6.45, 7) is 8.17. The van der Waals surface area contributed by atoms with E-state index < -0.39 is 5.60 Å². The van der Waals surface area contributed by atoms with Gasteiger partial charge in [-0.3, -0.25) is 0 Å². The number of hydrogen-bond acceptors (Lipinski definition) is 4. The highest BCUT2D eigenvalue weighted by Gasteiger charge is 2.39. The summed E-state index contributed by atoms with van der Waals surface area (Å²) in [5.74, 6) is 0.